The molecular formula is C27H33NO5. The van der Waals surface area contributed by atoms with Gasteiger partial charge in [0.15, 0.2) is 5.76 Å². The van der Waals surface area contributed by atoms with E-state index in [1.165, 1.54) is 45.6 Å². The Morgan fingerprint density at radius 2 is 1.67 bits per heavy atom. The van der Waals surface area contributed by atoms with Gasteiger partial charge in [0.1, 0.15) is 18.1 Å². The minimum atomic E-state index is -0.387. The normalized spacial score (nSPS) is 28.4. The lowest BCUT2D eigenvalue weighted by atomic mass is 9.47. The van der Waals surface area contributed by atoms with Crippen LogP contribution in [0.4, 0.5) is 0 Å². The second kappa shape index (κ2) is 8.88. The summed E-state index contributed by atoms with van der Waals surface area (Å²) in [5, 5.41) is 3.33. The average Bonchev–Trinajstić information content (AvgIpc) is 3.29. The Labute approximate surface area is 195 Å². The van der Waals surface area contributed by atoms with Crippen LogP contribution in [0, 0.1) is 23.2 Å². The number of carbonyl (C=O) groups excluding carboxylic acids is 2. The van der Waals surface area contributed by atoms with E-state index in [-0.39, 0.29) is 29.9 Å². The molecule has 4 aliphatic rings. The van der Waals surface area contributed by atoms with Crippen LogP contribution in [0.1, 0.15) is 78.5 Å². The van der Waals surface area contributed by atoms with Gasteiger partial charge in [-0.2, -0.15) is 0 Å². The molecule has 1 aromatic heterocycles. The summed E-state index contributed by atoms with van der Waals surface area (Å²) in [6, 6.07) is 10.4. The first-order valence-corrected chi connectivity index (χ1v) is 12.2. The maximum absolute atomic E-state index is 13.0. The van der Waals surface area contributed by atoms with Gasteiger partial charge in [-0.3, -0.25) is 4.79 Å². The lowest BCUT2D eigenvalue weighted by Crippen LogP contribution is -2.56. The average molecular weight is 452 g/mol. The molecule has 4 aliphatic carbocycles. The molecule has 0 spiro atoms. The van der Waals surface area contributed by atoms with E-state index in [4.69, 9.17) is 13.9 Å². The highest BCUT2D eigenvalue weighted by atomic mass is 16.5. The number of hydrogen-bond acceptors (Lipinski definition) is 5. The number of ether oxygens (including phenoxy) is 2. The van der Waals surface area contributed by atoms with Crippen molar-refractivity contribution in [3.05, 3.63) is 53.5 Å². The first-order valence-electron chi connectivity index (χ1n) is 12.2. The molecule has 1 amide bonds. The fraction of sp³-hybridized carbons (Fsp3) is 0.556. The lowest BCUT2D eigenvalue weighted by molar-refractivity contribution is -0.0728. The standard InChI is InChI=1S/C27H33NO5/c1-3-24(27-13-17-10-18(14-27)12-19(11-17)15-27)28-25(29)23-9-8-22(33-23)16-32-21-6-4-20(5-7-21)26(30)31-2/h4-9,17-19,24H,3,10-16H2,1-2H3,(H,28,29). The molecule has 0 saturated heterocycles. The third-order valence-corrected chi connectivity index (χ3v) is 8.08. The predicted molar refractivity (Wildman–Crippen MR) is 123 cm³/mol. The molecule has 1 aromatic carbocycles. The Bertz CT molecular complexity index is 972. The quantitative estimate of drug-likeness (QED) is 0.546. The molecule has 0 radical (unpaired) electrons. The van der Waals surface area contributed by atoms with Gasteiger partial charge < -0.3 is 19.2 Å². The molecule has 1 atom stereocenters. The van der Waals surface area contributed by atoms with Crippen molar-refractivity contribution in [1.29, 1.82) is 0 Å². The molecule has 4 saturated carbocycles. The van der Waals surface area contributed by atoms with E-state index in [1.807, 2.05) is 0 Å². The smallest absolute Gasteiger partial charge is 0.337 e. The Kier molecular flexibility index (Phi) is 5.94. The Morgan fingerprint density at radius 3 is 2.24 bits per heavy atom. The van der Waals surface area contributed by atoms with Crippen molar-refractivity contribution in [2.45, 2.75) is 64.5 Å². The molecule has 2 aromatic rings. The second-order valence-corrected chi connectivity index (χ2v) is 10.3. The van der Waals surface area contributed by atoms with Crippen molar-refractivity contribution < 1.29 is 23.5 Å². The molecule has 6 heteroatoms. The summed E-state index contributed by atoms with van der Waals surface area (Å²) in [6.07, 6.45) is 8.96. The van der Waals surface area contributed by atoms with Crippen molar-refractivity contribution in [1.82, 2.24) is 5.32 Å². The number of amides is 1. The van der Waals surface area contributed by atoms with E-state index in [2.05, 4.69) is 12.2 Å². The third kappa shape index (κ3) is 4.40. The predicted octanol–water partition coefficient (Wildman–Crippen LogP) is 5.37. The van der Waals surface area contributed by atoms with Gasteiger partial charge in [-0.1, -0.05) is 6.92 Å². The van der Waals surface area contributed by atoms with Crippen molar-refractivity contribution in [2.24, 2.45) is 23.2 Å². The van der Waals surface area contributed by atoms with Gasteiger partial charge in [-0.15, -0.1) is 0 Å². The number of methoxy groups -OCH3 is 1. The molecule has 176 valence electrons. The van der Waals surface area contributed by atoms with Crippen LogP contribution in [0.15, 0.2) is 40.8 Å². The summed E-state index contributed by atoms with van der Waals surface area (Å²) in [5.74, 6) is 3.58. The van der Waals surface area contributed by atoms with E-state index in [0.717, 1.165) is 24.2 Å². The van der Waals surface area contributed by atoms with E-state index >= 15 is 0 Å². The van der Waals surface area contributed by atoms with Gasteiger partial charge in [0.05, 0.1) is 12.7 Å². The Morgan fingerprint density at radius 1 is 1.03 bits per heavy atom. The minimum absolute atomic E-state index is 0.133. The topological polar surface area (TPSA) is 77.8 Å². The number of hydrogen-bond donors (Lipinski definition) is 1. The molecular weight excluding hydrogens is 418 g/mol. The van der Waals surface area contributed by atoms with Crippen LogP contribution in [0.25, 0.3) is 0 Å². The molecule has 6 nitrogen and oxygen atoms in total. The molecule has 4 bridgehead atoms. The zero-order chi connectivity index (χ0) is 23.0. The van der Waals surface area contributed by atoms with E-state index < -0.39 is 0 Å². The fourth-order valence-electron chi connectivity index (χ4n) is 7.06. The van der Waals surface area contributed by atoms with Crippen LogP contribution in [0.3, 0.4) is 0 Å². The highest BCUT2D eigenvalue weighted by Gasteiger charge is 2.54. The van der Waals surface area contributed by atoms with Gasteiger partial charge in [0, 0.05) is 6.04 Å². The molecule has 33 heavy (non-hydrogen) atoms. The summed E-state index contributed by atoms with van der Waals surface area (Å²) in [6.45, 7) is 2.40. The second-order valence-electron chi connectivity index (χ2n) is 10.3. The van der Waals surface area contributed by atoms with Crippen molar-refractivity contribution in [2.75, 3.05) is 7.11 Å². The molecule has 1 heterocycles. The van der Waals surface area contributed by atoms with Crippen LogP contribution in [-0.2, 0) is 11.3 Å². The molecule has 1 unspecified atom stereocenters. The first kappa shape index (κ1) is 22.1. The summed E-state index contributed by atoms with van der Waals surface area (Å²) in [5.41, 5.74) is 0.736. The van der Waals surface area contributed by atoms with Gasteiger partial charge in [0.25, 0.3) is 5.91 Å². The monoisotopic (exact) mass is 451 g/mol. The maximum atomic E-state index is 13.0. The molecule has 0 aliphatic heterocycles. The highest BCUT2D eigenvalue weighted by Crippen LogP contribution is 2.61. The highest BCUT2D eigenvalue weighted by molar-refractivity contribution is 5.91. The van der Waals surface area contributed by atoms with Crippen LogP contribution < -0.4 is 10.1 Å². The summed E-state index contributed by atoms with van der Waals surface area (Å²) in [4.78, 5) is 24.6. The zero-order valence-electron chi connectivity index (χ0n) is 19.5. The van der Waals surface area contributed by atoms with Crippen molar-refractivity contribution in [3.63, 3.8) is 0 Å². The van der Waals surface area contributed by atoms with Crippen molar-refractivity contribution in [3.8, 4) is 5.75 Å². The largest absolute Gasteiger partial charge is 0.486 e. The van der Waals surface area contributed by atoms with Gasteiger partial charge in [-0.05, 0) is 105 Å². The number of benzene rings is 1. The number of nitrogens with one attached hydrogen (secondary N) is 1. The Hall–Kier alpha value is -2.76. The fourth-order valence-corrected chi connectivity index (χ4v) is 7.06. The summed E-state index contributed by atoms with van der Waals surface area (Å²) >= 11 is 0. The third-order valence-electron chi connectivity index (χ3n) is 8.08. The number of carbonyl (C=O) groups is 2. The summed E-state index contributed by atoms with van der Waals surface area (Å²) in [7, 11) is 1.35. The van der Waals surface area contributed by atoms with Crippen LogP contribution in [-0.4, -0.2) is 25.0 Å². The van der Waals surface area contributed by atoms with Gasteiger partial charge in [0.2, 0.25) is 0 Å². The first-order chi connectivity index (χ1) is 16.0. The van der Waals surface area contributed by atoms with E-state index in [9.17, 15) is 9.59 Å². The molecule has 1 N–H and O–H groups in total. The SMILES string of the molecule is CCC(NC(=O)c1ccc(COc2ccc(C(=O)OC)cc2)o1)C12CC3CC(CC(C3)C1)C2. The van der Waals surface area contributed by atoms with Crippen LogP contribution in [0.2, 0.25) is 0 Å². The zero-order valence-corrected chi connectivity index (χ0v) is 19.5. The summed E-state index contributed by atoms with van der Waals surface area (Å²) < 4.78 is 16.2. The van der Waals surface area contributed by atoms with Gasteiger partial charge in [-0.25, -0.2) is 4.79 Å². The van der Waals surface area contributed by atoms with Crippen molar-refractivity contribution >= 4 is 11.9 Å². The molecule has 6 rings (SSSR count). The number of rotatable bonds is 8. The Balaban J connectivity index is 1.19. The van der Waals surface area contributed by atoms with Crippen LogP contribution >= 0.6 is 0 Å². The van der Waals surface area contributed by atoms with E-state index in [0.29, 0.717) is 22.8 Å². The number of furan rings is 1. The van der Waals surface area contributed by atoms with E-state index in [1.54, 1.807) is 36.4 Å². The maximum Gasteiger partial charge on any atom is 0.337 e. The minimum Gasteiger partial charge on any atom is -0.486 e. The lowest BCUT2D eigenvalue weighted by Gasteiger charge is -2.59. The number of esters is 1. The van der Waals surface area contributed by atoms with Gasteiger partial charge >= 0.3 is 5.97 Å². The van der Waals surface area contributed by atoms with Crippen LogP contribution in [0.5, 0.6) is 5.75 Å². The molecule has 4 fully saturated rings.